The van der Waals surface area contributed by atoms with Gasteiger partial charge >= 0.3 is 0 Å². The van der Waals surface area contributed by atoms with Crippen LogP contribution < -0.4 is 5.32 Å². The van der Waals surface area contributed by atoms with Crippen LogP contribution in [0.2, 0.25) is 0 Å². The number of nitrogens with zero attached hydrogens (tertiary/aromatic N) is 2. The van der Waals surface area contributed by atoms with Gasteiger partial charge in [-0.25, -0.2) is 0 Å². The lowest BCUT2D eigenvalue weighted by molar-refractivity contribution is -0.132. The maximum atomic E-state index is 12.3. The van der Waals surface area contributed by atoms with Gasteiger partial charge in [-0.3, -0.25) is 9.69 Å². The first-order valence-electron chi connectivity index (χ1n) is 7.54. The second-order valence-electron chi connectivity index (χ2n) is 5.50. The number of carbonyl (C=O) groups excluding carboxylic acids is 1. The van der Waals surface area contributed by atoms with Gasteiger partial charge in [-0.1, -0.05) is 19.8 Å². The van der Waals surface area contributed by atoms with Crippen LogP contribution in [0.3, 0.4) is 0 Å². The Morgan fingerprint density at radius 3 is 2.56 bits per heavy atom. The summed E-state index contributed by atoms with van der Waals surface area (Å²) in [6.45, 7) is 7.83. The van der Waals surface area contributed by atoms with Gasteiger partial charge in [-0.2, -0.15) is 0 Å². The van der Waals surface area contributed by atoms with Gasteiger partial charge < -0.3 is 10.2 Å². The van der Waals surface area contributed by atoms with E-state index in [4.69, 9.17) is 0 Å². The zero-order valence-electron chi connectivity index (χ0n) is 11.7. The molecule has 2 heterocycles. The number of likely N-dealkylation sites (N-methyl/N-ethyl adjacent to an activating group) is 1. The second kappa shape index (κ2) is 7.10. The smallest absolute Gasteiger partial charge is 0.236 e. The Morgan fingerprint density at radius 2 is 2.00 bits per heavy atom. The largest absolute Gasteiger partial charge is 0.342 e. The maximum Gasteiger partial charge on any atom is 0.236 e. The monoisotopic (exact) mass is 253 g/mol. The van der Waals surface area contributed by atoms with Crippen LogP contribution in [-0.2, 0) is 4.79 Å². The molecule has 0 spiro atoms. The Labute approximate surface area is 111 Å². The molecule has 0 saturated carbocycles. The van der Waals surface area contributed by atoms with E-state index in [0.29, 0.717) is 18.5 Å². The molecule has 2 fully saturated rings. The predicted octanol–water partition coefficient (Wildman–Crippen LogP) is 1.07. The van der Waals surface area contributed by atoms with Gasteiger partial charge in [-0.05, 0) is 32.4 Å². The van der Waals surface area contributed by atoms with E-state index in [1.807, 2.05) is 0 Å². The number of hydrogen-bond acceptors (Lipinski definition) is 3. The molecule has 18 heavy (non-hydrogen) atoms. The highest BCUT2D eigenvalue weighted by atomic mass is 16.2. The first-order valence-corrected chi connectivity index (χ1v) is 7.54. The molecule has 1 amide bonds. The summed E-state index contributed by atoms with van der Waals surface area (Å²) < 4.78 is 0. The topological polar surface area (TPSA) is 35.6 Å². The summed E-state index contributed by atoms with van der Waals surface area (Å²) in [5, 5.41) is 3.38. The molecule has 0 aromatic carbocycles. The van der Waals surface area contributed by atoms with Gasteiger partial charge in [0.15, 0.2) is 0 Å². The molecule has 2 rings (SSSR count). The molecule has 0 bridgehead atoms. The molecule has 1 unspecified atom stereocenters. The van der Waals surface area contributed by atoms with Crippen molar-refractivity contribution < 1.29 is 4.79 Å². The van der Waals surface area contributed by atoms with E-state index in [0.717, 1.165) is 32.7 Å². The van der Waals surface area contributed by atoms with Crippen molar-refractivity contribution in [3.05, 3.63) is 0 Å². The number of rotatable bonds is 4. The first kappa shape index (κ1) is 13.8. The van der Waals surface area contributed by atoms with Crippen molar-refractivity contribution in [2.45, 2.75) is 45.1 Å². The highest BCUT2D eigenvalue weighted by Crippen LogP contribution is 2.12. The van der Waals surface area contributed by atoms with Crippen LogP contribution in [-0.4, -0.2) is 61.0 Å². The average molecular weight is 253 g/mol. The summed E-state index contributed by atoms with van der Waals surface area (Å²) in [7, 11) is 0. The minimum absolute atomic E-state index is 0.339. The highest BCUT2D eigenvalue weighted by Gasteiger charge is 2.25. The molecule has 0 aromatic rings. The van der Waals surface area contributed by atoms with Crippen LogP contribution in [0.4, 0.5) is 0 Å². The third kappa shape index (κ3) is 3.69. The molecule has 1 N–H and O–H groups in total. The number of likely N-dealkylation sites (tertiary alicyclic amines) is 1. The lowest BCUT2D eigenvalue weighted by atomic mass is 10.2. The standard InChI is InChI=1S/C14H27N3O/c1-2-16(13-7-8-15-11-13)12-14(18)17-9-5-3-4-6-10-17/h13,15H,2-12H2,1H3. The van der Waals surface area contributed by atoms with Crippen LogP contribution >= 0.6 is 0 Å². The molecule has 2 saturated heterocycles. The fraction of sp³-hybridized carbons (Fsp3) is 0.929. The summed E-state index contributed by atoms with van der Waals surface area (Å²) in [6.07, 6.45) is 6.12. The van der Waals surface area contributed by atoms with Gasteiger partial charge in [0.05, 0.1) is 6.54 Å². The van der Waals surface area contributed by atoms with Crippen molar-refractivity contribution >= 4 is 5.91 Å². The third-order valence-corrected chi connectivity index (χ3v) is 4.25. The van der Waals surface area contributed by atoms with Crippen molar-refractivity contribution in [1.82, 2.24) is 15.1 Å². The van der Waals surface area contributed by atoms with Crippen LogP contribution in [0.25, 0.3) is 0 Å². The molecule has 0 radical (unpaired) electrons. The van der Waals surface area contributed by atoms with Gasteiger partial charge in [0.25, 0.3) is 0 Å². The van der Waals surface area contributed by atoms with Crippen LogP contribution in [0.5, 0.6) is 0 Å². The molecule has 0 aliphatic carbocycles. The lowest BCUT2D eigenvalue weighted by Gasteiger charge is -2.29. The Hall–Kier alpha value is -0.610. The average Bonchev–Trinajstić information content (AvgIpc) is 2.77. The van der Waals surface area contributed by atoms with Crippen molar-refractivity contribution in [3.63, 3.8) is 0 Å². The Bertz CT molecular complexity index is 256. The van der Waals surface area contributed by atoms with Gasteiger partial charge in [0.2, 0.25) is 5.91 Å². The van der Waals surface area contributed by atoms with E-state index in [1.54, 1.807) is 0 Å². The van der Waals surface area contributed by atoms with E-state index in [1.165, 1.54) is 32.1 Å². The quantitative estimate of drug-likeness (QED) is 0.814. The van der Waals surface area contributed by atoms with Crippen molar-refractivity contribution in [2.24, 2.45) is 0 Å². The number of nitrogens with one attached hydrogen (secondary N) is 1. The molecule has 4 nitrogen and oxygen atoms in total. The zero-order valence-corrected chi connectivity index (χ0v) is 11.7. The predicted molar refractivity (Wildman–Crippen MR) is 73.6 cm³/mol. The Kier molecular flexibility index (Phi) is 5.45. The van der Waals surface area contributed by atoms with Gasteiger partial charge in [0.1, 0.15) is 0 Å². The van der Waals surface area contributed by atoms with E-state index >= 15 is 0 Å². The molecule has 104 valence electrons. The van der Waals surface area contributed by atoms with Crippen molar-refractivity contribution in [1.29, 1.82) is 0 Å². The molecule has 4 heteroatoms. The molecule has 2 aliphatic rings. The number of amides is 1. The molecule has 0 aromatic heterocycles. The normalized spacial score (nSPS) is 25.4. The van der Waals surface area contributed by atoms with Crippen molar-refractivity contribution in [3.8, 4) is 0 Å². The van der Waals surface area contributed by atoms with E-state index in [9.17, 15) is 4.79 Å². The molecular formula is C14H27N3O. The van der Waals surface area contributed by atoms with Gasteiger partial charge in [-0.15, -0.1) is 0 Å². The summed E-state index contributed by atoms with van der Waals surface area (Å²) in [5.74, 6) is 0.339. The molecule has 2 aliphatic heterocycles. The lowest BCUT2D eigenvalue weighted by Crippen LogP contribution is -2.45. The van der Waals surface area contributed by atoms with Crippen LogP contribution in [0.1, 0.15) is 39.0 Å². The Morgan fingerprint density at radius 1 is 1.28 bits per heavy atom. The first-order chi connectivity index (χ1) is 8.81. The Balaban J connectivity index is 1.83. The summed E-state index contributed by atoms with van der Waals surface area (Å²) in [5.41, 5.74) is 0. The minimum atomic E-state index is 0.339. The van der Waals surface area contributed by atoms with Crippen molar-refractivity contribution in [2.75, 3.05) is 39.3 Å². The fourth-order valence-electron chi connectivity index (χ4n) is 3.04. The number of hydrogen-bond donors (Lipinski definition) is 1. The summed E-state index contributed by atoms with van der Waals surface area (Å²) in [6, 6.07) is 0.561. The van der Waals surface area contributed by atoms with E-state index < -0.39 is 0 Å². The fourth-order valence-corrected chi connectivity index (χ4v) is 3.04. The minimum Gasteiger partial charge on any atom is -0.342 e. The number of carbonyl (C=O) groups is 1. The molecule has 1 atom stereocenters. The van der Waals surface area contributed by atoms with E-state index in [-0.39, 0.29) is 0 Å². The van der Waals surface area contributed by atoms with Crippen LogP contribution in [0, 0.1) is 0 Å². The summed E-state index contributed by atoms with van der Waals surface area (Å²) in [4.78, 5) is 16.8. The van der Waals surface area contributed by atoms with Gasteiger partial charge in [0, 0.05) is 25.7 Å². The zero-order chi connectivity index (χ0) is 12.8. The molecular weight excluding hydrogens is 226 g/mol. The summed E-state index contributed by atoms with van der Waals surface area (Å²) >= 11 is 0. The highest BCUT2D eigenvalue weighted by molar-refractivity contribution is 5.78. The third-order valence-electron chi connectivity index (χ3n) is 4.25. The SMILES string of the molecule is CCN(CC(=O)N1CCCCCC1)C1CCNC1. The second-order valence-corrected chi connectivity index (χ2v) is 5.50. The van der Waals surface area contributed by atoms with E-state index in [2.05, 4.69) is 22.0 Å². The van der Waals surface area contributed by atoms with Crippen LogP contribution in [0.15, 0.2) is 0 Å². The maximum absolute atomic E-state index is 12.3.